The van der Waals surface area contributed by atoms with Gasteiger partial charge < -0.3 is 14.2 Å². The lowest BCUT2D eigenvalue weighted by Crippen LogP contribution is -2.59. The minimum absolute atomic E-state index is 0.133. The largest absolute Gasteiger partial charge is 0.484 e. The van der Waals surface area contributed by atoms with E-state index in [1.165, 1.54) is 30.9 Å². The van der Waals surface area contributed by atoms with E-state index in [1.807, 2.05) is 38.1 Å². The summed E-state index contributed by atoms with van der Waals surface area (Å²) in [6, 6.07) is 10.9. The smallest absolute Gasteiger partial charge is 0.260 e. The van der Waals surface area contributed by atoms with Gasteiger partial charge in [-0.1, -0.05) is 24.0 Å². The Balaban J connectivity index is 1.37. The van der Waals surface area contributed by atoms with Gasteiger partial charge in [-0.15, -0.1) is 0 Å². The number of aromatic nitrogens is 1. The predicted molar refractivity (Wildman–Crippen MR) is 129 cm³/mol. The Morgan fingerprint density at radius 1 is 1.21 bits per heavy atom. The van der Waals surface area contributed by atoms with Crippen LogP contribution < -0.4 is 15.0 Å². The van der Waals surface area contributed by atoms with Crippen molar-refractivity contribution < 1.29 is 17.9 Å². The molecule has 180 valence electrons. The lowest BCUT2D eigenvalue weighted by atomic mass is 10.1. The molecule has 1 saturated carbocycles. The Kier molecular flexibility index (Phi) is 6.82. The first kappa shape index (κ1) is 24.0. The summed E-state index contributed by atoms with van der Waals surface area (Å²) in [5.74, 6) is 6.99. The number of likely N-dealkylation sites (tertiary alicyclic amines) is 1. The van der Waals surface area contributed by atoms with Crippen LogP contribution in [0.4, 0.5) is 0 Å². The third-order valence-corrected chi connectivity index (χ3v) is 8.04. The van der Waals surface area contributed by atoms with E-state index in [0.717, 1.165) is 11.1 Å². The third-order valence-electron chi connectivity index (χ3n) is 6.30. The number of nitrogens with zero attached hydrogens (tertiary/aromatic N) is 2. The Morgan fingerprint density at radius 3 is 2.47 bits per heavy atom. The molecule has 0 spiro atoms. The normalized spacial score (nSPS) is 16.9. The van der Waals surface area contributed by atoms with Crippen LogP contribution in [0.15, 0.2) is 41.2 Å². The number of nitrogens with one attached hydrogen (secondary N) is 1. The monoisotopic (exact) mass is 483 g/mol. The second kappa shape index (κ2) is 9.65. The van der Waals surface area contributed by atoms with E-state index in [2.05, 4.69) is 16.6 Å². The van der Waals surface area contributed by atoms with Crippen LogP contribution in [0.2, 0.25) is 0 Å². The molecule has 1 aliphatic heterocycles. The van der Waals surface area contributed by atoms with Crippen LogP contribution in [0, 0.1) is 24.7 Å². The molecule has 1 N–H and O–H groups in total. The molecule has 0 radical (unpaired) electrons. The topological polar surface area (TPSA) is 97.7 Å². The summed E-state index contributed by atoms with van der Waals surface area (Å²) in [4.78, 5) is 26.6. The molecule has 8 nitrogen and oxygen atoms in total. The van der Waals surface area contributed by atoms with Crippen LogP contribution in [0.25, 0.3) is 0 Å². The van der Waals surface area contributed by atoms with Crippen molar-refractivity contribution in [1.29, 1.82) is 0 Å². The van der Waals surface area contributed by atoms with Crippen LogP contribution in [0.3, 0.4) is 0 Å². The van der Waals surface area contributed by atoms with E-state index in [1.54, 1.807) is 10.6 Å². The second-order valence-corrected chi connectivity index (χ2v) is 11.0. The Labute approximate surface area is 200 Å². The number of sulfonamides is 1. The van der Waals surface area contributed by atoms with Gasteiger partial charge in [0.05, 0.1) is 6.04 Å². The fourth-order valence-electron chi connectivity index (χ4n) is 3.91. The minimum atomic E-state index is -3.38. The highest BCUT2D eigenvalue weighted by molar-refractivity contribution is 7.90. The van der Waals surface area contributed by atoms with E-state index >= 15 is 0 Å². The fourth-order valence-corrected chi connectivity index (χ4v) is 5.00. The number of hydrogen-bond acceptors (Lipinski definition) is 5. The van der Waals surface area contributed by atoms with Crippen molar-refractivity contribution in [1.82, 2.24) is 14.2 Å². The van der Waals surface area contributed by atoms with Gasteiger partial charge in [-0.3, -0.25) is 9.59 Å². The van der Waals surface area contributed by atoms with E-state index in [4.69, 9.17) is 4.74 Å². The molecule has 0 unspecified atom stereocenters. The number of carbonyl (C=O) groups is 1. The number of carbonyl (C=O) groups excluding carboxylic acids is 1. The number of aryl methyl sites for hydroxylation is 1. The van der Waals surface area contributed by atoms with Crippen molar-refractivity contribution in [3.8, 4) is 17.6 Å². The van der Waals surface area contributed by atoms with Gasteiger partial charge in [-0.05, 0) is 57.5 Å². The van der Waals surface area contributed by atoms with Crippen molar-refractivity contribution >= 4 is 15.9 Å². The number of pyridine rings is 1. The van der Waals surface area contributed by atoms with Gasteiger partial charge in [-0.25, -0.2) is 13.1 Å². The molecular weight excluding hydrogens is 454 g/mol. The summed E-state index contributed by atoms with van der Waals surface area (Å²) in [5.41, 5.74) is 2.45. The average Bonchev–Trinajstić information content (AvgIpc) is 3.59. The Hall–Kier alpha value is -3.09. The highest BCUT2D eigenvalue weighted by Gasteiger charge is 2.39. The van der Waals surface area contributed by atoms with Crippen LogP contribution >= 0.6 is 0 Å². The zero-order valence-corrected chi connectivity index (χ0v) is 20.4. The molecule has 1 atom stereocenters. The molecule has 2 heterocycles. The highest BCUT2D eigenvalue weighted by Crippen LogP contribution is 2.27. The molecule has 4 rings (SSSR count). The zero-order chi connectivity index (χ0) is 24.5. The molecule has 1 aromatic carbocycles. The van der Waals surface area contributed by atoms with Gasteiger partial charge in [0.2, 0.25) is 10.0 Å². The number of amides is 1. The molecule has 1 aliphatic carbocycles. The summed E-state index contributed by atoms with van der Waals surface area (Å²) >= 11 is 0. The second-order valence-electron chi connectivity index (χ2n) is 8.84. The SMILES string of the molecule is CNS(=O)(=O)C1CN(C(=O)COc2cc(C)n([C@H](C)c3ccc(C#CC4CC4)cc3)c(=O)c2)C1. The maximum absolute atomic E-state index is 12.9. The lowest BCUT2D eigenvalue weighted by Gasteiger charge is -2.38. The molecule has 2 aliphatic rings. The third kappa shape index (κ3) is 5.34. The van der Waals surface area contributed by atoms with Crippen molar-refractivity contribution in [2.75, 3.05) is 26.7 Å². The molecular formula is C25H29N3O5S. The number of rotatable bonds is 7. The van der Waals surface area contributed by atoms with Crippen molar-refractivity contribution in [3.63, 3.8) is 0 Å². The summed E-state index contributed by atoms with van der Waals surface area (Å²) < 4.78 is 33.0. The van der Waals surface area contributed by atoms with Gasteiger partial charge in [0.15, 0.2) is 6.61 Å². The zero-order valence-electron chi connectivity index (χ0n) is 19.6. The van der Waals surface area contributed by atoms with Gasteiger partial charge >= 0.3 is 0 Å². The molecule has 2 aromatic rings. The lowest BCUT2D eigenvalue weighted by molar-refractivity contribution is -0.136. The number of hydrogen-bond donors (Lipinski definition) is 1. The van der Waals surface area contributed by atoms with E-state index in [-0.39, 0.29) is 37.2 Å². The standard InChI is InChI=1S/C25H29N3O5S/c1-17-12-22(33-16-25(30)27-14-23(15-27)34(31,32)26-3)13-24(29)28(17)18(2)21-10-8-20(9-11-21)7-6-19-4-5-19/h8-13,18-19,23,26H,4-5,14-16H2,1-3H3/t18-/m1/s1. The summed E-state index contributed by atoms with van der Waals surface area (Å²) in [5, 5.41) is -0.603. The first-order valence-corrected chi connectivity index (χ1v) is 12.9. The van der Waals surface area contributed by atoms with Gasteiger partial charge in [0, 0.05) is 36.3 Å². The molecule has 0 bridgehead atoms. The Bertz CT molecular complexity index is 1290. The molecule has 1 amide bonds. The summed E-state index contributed by atoms with van der Waals surface area (Å²) in [7, 11) is -2.03. The highest BCUT2D eigenvalue weighted by atomic mass is 32.2. The molecule has 9 heteroatoms. The molecule has 1 aromatic heterocycles. The van der Waals surface area contributed by atoms with Crippen LogP contribution in [0.1, 0.15) is 42.6 Å². The molecule has 1 saturated heterocycles. The first-order chi connectivity index (χ1) is 16.2. The maximum atomic E-state index is 12.9. The number of benzene rings is 1. The van der Waals surface area contributed by atoms with E-state index in [0.29, 0.717) is 17.4 Å². The summed E-state index contributed by atoms with van der Waals surface area (Å²) in [6.45, 7) is 3.80. The predicted octanol–water partition coefficient (Wildman–Crippen LogP) is 1.67. The van der Waals surface area contributed by atoms with E-state index in [9.17, 15) is 18.0 Å². The maximum Gasteiger partial charge on any atom is 0.260 e. The summed E-state index contributed by atoms with van der Waals surface area (Å²) in [6.07, 6.45) is 2.38. The van der Waals surface area contributed by atoms with Crippen LogP contribution in [-0.4, -0.2) is 55.8 Å². The molecule has 2 fully saturated rings. The van der Waals surface area contributed by atoms with Crippen molar-refractivity contribution in [2.24, 2.45) is 5.92 Å². The van der Waals surface area contributed by atoms with Gasteiger partial charge in [0.1, 0.15) is 11.0 Å². The van der Waals surface area contributed by atoms with Crippen molar-refractivity contribution in [3.05, 3.63) is 63.6 Å². The van der Waals surface area contributed by atoms with Gasteiger partial charge in [0.25, 0.3) is 11.5 Å². The quantitative estimate of drug-likeness (QED) is 0.604. The Morgan fingerprint density at radius 2 is 1.88 bits per heavy atom. The number of ether oxygens (including phenoxy) is 1. The average molecular weight is 484 g/mol. The van der Waals surface area contributed by atoms with Crippen LogP contribution in [-0.2, 0) is 14.8 Å². The van der Waals surface area contributed by atoms with Gasteiger partial charge in [-0.2, -0.15) is 0 Å². The first-order valence-electron chi connectivity index (χ1n) is 11.4. The minimum Gasteiger partial charge on any atom is -0.484 e. The molecule has 34 heavy (non-hydrogen) atoms. The fraction of sp³-hybridized carbons (Fsp3) is 0.440. The van der Waals surface area contributed by atoms with Crippen LogP contribution in [0.5, 0.6) is 5.75 Å². The van der Waals surface area contributed by atoms with E-state index < -0.39 is 15.3 Å². The van der Waals surface area contributed by atoms with Crippen molar-refractivity contribution in [2.45, 2.75) is 38.0 Å².